The van der Waals surface area contributed by atoms with Gasteiger partial charge in [0.05, 0.1) is 6.33 Å². The number of rotatable bonds is 3. The molecule has 0 N–H and O–H groups in total. The molecule has 1 aliphatic rings. The van der Waals surface area contributed by atoms with Gasteiger partial charge in [-0.05, 0) is 31.2 Å². The maximum absolute atomic E-state index is 12.4. The minimum absolute atomic E-state index is 0.0348. The number of amides is 1. The number of carbonyl (C=O) groups is 1. The van der Waals surface area contributed by atoms with Gasteiger partial charge in [-0.2, -0.15) is 0 Å². The van der Waals surface area contributed by atoms with Crippen molar-refractivity contribution >= 4 is 23.2 Å². The molecule has 0 aliphatic carbocycles. The van der Waals surface area contributed by atoms with Gasteiger partial charge in [-0.25, -0.2) is 4.98 Å². The highest BCUT2D eigenvalue weighted by atomic mass is 35.5. The zero-order valence-electron chi connectivity index (χ0n) is 13.5. The van der Waals surface area contributed by atoms with Crippen molar-refractivity contribution < 1.29 is 4.79 Å². The monoisotopic (exact) mass is 346 g/mol. The van der Waals surface area contributed by atoms with Crippen LogP contribution in [-0.4, -0.2) is 46.5 Å². The Morgan fingerprint density at radius 3 is 2.46 bits per heavy atom. The summed E-state index contributed by atoms with van der Waals surface area (Å²) in [4.78, 5) is 32.3. The van der Waals surface area contributed by atoms with E-state index in [1.165, 1.54) is 17.0 Å². The Labute approximate surface area is 145 Å². The minimum atomic E-state index is -0.198. The SMILES string of the molecule is Cc1cc(=O)n(CC(=O)N2CCN(c3ccc(Cl)cc3)CC2)cn1. The van der Waals surface area contributed by atoms with Gasteiger partial charge in [0.15, 0.2) is 0 Å². The summed E-state index contributed by atoms with van der Waals surface area (Å²) in [6.45, 7) is 4.57. The van der Waals surface area contributed by atoms with Crippen molar-refractivity contribution in [1.82, 2.24) is 14.5 Å². The third-order valence-corrected chi connectivity index (χ3v) is 4.40. The first-order valence-corrected chi connectivity index (χ1v) is 8.22. The highest BCUT2D eigenvalue weighted by Gasteiger charge is 2.21. The number of benzene rings is 1. The average Bonchev–Trinajstić information content (AvgIpc) is 2.58. The van der Waals surface area contributed by atoms with Crippen LogP contribution in [0.5, 0.6) is 0 Å². The van der Waals surface area contributed by atoms with Gasteiger partial charge in [-0.1, -0.05) is 11.6 Å². The van der Waals surface area contributed by atoms with Crippen LogP contribution in [0.3, 0.4) is 0 Å². The molecule has 24 heavy (non-hydrogen) atoms. The summed E-state index contributed by atoms with van der Waals surface area (Å²) in [6.07, 6.45) is 1.43. The zero-order valence-corrected chi connectivity index (χ0v) is 14.2. The Hall–Kier alpha value is -2.34. The maximum atomic E-state index is 12.4. The van der Waals surface area contributed by atoms with E-state index in [2.05, 4.69) is 9.88 Å². The van der Waals surface area contributed by atoms with Gasteiger partial charge in [0, 0.05) is 48.6 Å². The number of halogens is 1. The van der Waals surface area contributed by atoms with Crippen LogP contribution in [0.1, 0.15) is 5.69 Å². The molecule has 1 aliphatic heterocycles. The Kier molecular flexibility index (Phi) is 4.85. The van der Waals surface area contributed by atoms with E-state index in [1.54, 1.807) is 11.8 Å². The van der Waals surface area contributed by atoms with Gasteiger partial charge in [-0.3, -0.25) is 14.2 Å². The molecular formula is C17H19ClN4O2. The van der Waals surface area contributed by atoms with E-state index in [4.69, 9.17) is 11.6 Å². The summed E-state index contributed by atoms with van der Waals surface area (Å²) in [6, 6.07) is 9.14. The molecule has 2 heterocycles. The summed E-state index contributed by atoms with van der Waals surface area (Å²) in [5.41, 5.74) is 1.56. The molecule has 0 unspecified atom stereocenters. The smallest absolute Gasteiger partial charge is 0.253 e. The normalized spacial score (nSPS) is 14.8. The van der Waals surface area contributed by atoms with Gasteiger partial charge < -0.3 is 9.80 Å². The molecule has 6 nitrogen and oxygen atoms in total. The topological polar surface area (TPSA) is 58.4 Å². The molecule has 1 saturated heterocycles. The molecule has 1 aromatic heterocycles. The molecule has 0 spiro atoms. The third-order valence-electron chi connectivity index (χ3n) is 4.15. The number of hydrogen-bond donors (Lipinski definition) is 0. The second-order valence-corrected chi connectivity index (χ2v) is 6.28. The molecule has 0 saturated carbocycles. The van der Waals surface area contributed by atoms with Gasteiger partial charge in [0.1, 0.15) is 6.54 Å². The molecule has 0 atom stereocenters. The number of nitrogens with zero attached hydrogens (tertiary/aromatic N) is 4. The predicted octanol–water partition coefficient (Wildman–Crippen LogP) is 1.55. The molecule has 0 radical (unpaired) electrons. The molecule has 1 amide bonds. The lowest BCUT2D eigenvalue weighted by Crippen LogP contribution is -2.50. The first kappa shape index (κ1) is 16.5. The maximum Gasteiger partial charge on any atom is 0.253 e. The Balaban J connectivity index is 1.59. The van der Waals surface area contributed by atoms with Crippen LogP contribution in [-0.2, 0) is 11.3 Å². The predicted molar refractivity (Wildman–Crippen MR) is 93.5 cm³/mol. The number of carbonyl (C=O) groups excluding carboxylic acids is 1. The molecular weight excluding hydrogens is 328 g/mol. The van der Waals surface area contributed by atoms with E-state index >= 15 is 0 Å². The first-order valence-electron chi connectivity index (χ1n) is 7.84. The third kappa shape index (κ3) is 3.76. The lowest BCUT2D eigenvalue weighted by atomic mass is 10.2. The van der Waals surface area contributed by atoms with Crippen molar-refractivity contribution in [3.63, 3.8) is 0 Å². The van der Waals surface area contributed by atoms with Crippen LogP contribution in [0.4, 0.5) is 5.69 Å². The van der Waals surface area contributed by atoms with Crippen LogP contribution in [0.15, 0.2) is 41.5 Å². The summed E-state index contributed by atoms with van der Waals surface area (Å²) in [5.74, 6) is -0.0569. The van der Waals surface area contributed by atoms with E-state index in [-0.39, 0.29) is 18.0 Å². The summed E-state index contributed by atoms with van der Waals surface area (Å²) in [7, 11) is 0. The van der Waals surface area contributed by atoms with Crippen molar-refractivity contribution in [1.29, 1.82) is 0 Å². The Morgan fingerprint density at radius 2 is 1.83 bits per heavy atom. The lowest BCUT2D eigenvalue weighted by Gasteiger charge is -2.36. The van der Waals surface area contributed by atoms with E-state index < -0.39 is 0 Å². The fourth-order valence-electron chi connectivity index (χ4n) is 2.75. The molecule has 126 valence electrons. The summed E-state index contributed by atoms with van der Waals surface area (Å²) in [5, 5.41) is 0.713. The van der Waals surface area contributed by atoms with Gasteiger partial charge in [-0.15, -0.1) is 0 Å². The van der Waals surface area contributed by atoms with Crippen LogP contribution in [0, 0.1) is 6.92 Å². The van der Waals surface area contributed by atoms with Gasteiger partial charge in [0.2, 0.25) is 5.91 Å². The second-order valence-electron chi connectivity index (χ2n) is 5.84. The van der Waals surface area contributed by atoms with Crippen molar-refractivity contribution in [2.75, 3.05) is 31.1 Å². The van der Waals surface area contributed by atoms with Crippen LogP contribution in [0.2, 0.25) is 5.02 Å². The zero-order chi connectivity index (χ0) is 17.1. The van der Waals surface area contributed by atoms with Crippen molar-refractivity contribution in [2.24, 2.45) is 0 Å². The molecule has 0 bridgehead atoms. The quantitative estimate of drug-likeness (QED) is 0.846. The van der Waals surface area contributed by atoms with Crippen molar-refractivity contribution in [3.05, 3.63) is 57.7 Å². The van der Waals surface area contributed by atoms with Crippen molar-refractivity contribution in [3.8, 4) is 0 Å². The standard InChI is InChI=1S/C17H19ClN4O2/c1-13-10-16(23)22(12-19-13)11-17(24)21-8-6-20(7-9-21)15-4-2-14(18)3-5-15/h2-5,10,12H,6-9,11H2,1H3. The average molecular weight is 347 g/mol. The summed E-state index contributed by atoms with van der Waals surface area (Å²) >= 11 is 5.91. The summed E-state index contributed by atoms with van der Waals surface area (Å²) < 4.78 is 1.35. The lowest BCUT2D eigenvalue weighted by molar-refractivity contribution is -0.132. The fourth-order valence-corrected chi connectivity index (χ4v) is 2.87. The first-order chi connectivity index (χ1) is 11.5. The van der Waals surface area contributed by atoms with Crippen LogP contribution >= 0.6 is 11.6 Å². The minimum Gasteiger partial charge on any atom is -0.368 e. The molecule has 1 aromatic carbocycles. The van der Waals surface area contributed by atoms with Gasteiger partial charge >= 0.3 is 0 Å². The highest BCUT2D eigenvalue weighted by molar-refractivity contribution is 6.30. The molecule has 2 aromatic rings. The molecule has 7 heteroatoms. The largest absolute Gasteiger partial charge is 0.368 e. The second kappa shape index (κ2) is 7.05. The van der Waals surface area contributed by atoms with Gasteiger partial charge in [0.25, 0.3) is 5.56 Å². The number of aryl methyl sites for hydroxylation is 1. The number of anilines is 1. The van der Waals surface area contributed by atoms with E-state index in [0.29, 0.717) is 23.8 Å². The highest BCUT2D eigenvalue weighted by Crippen LogP contribution is 2.19. The number of aromatic nitrogens is 2. The van der Waals surface area contributed by atoms with Crippen molar-refractivity contribution in [2.45, 2.75) is 13.5 Å². The van der Waals surface area contributed by atoms with Crippen LogP contribution < -0.4 is 10.5 Å². The Morgan fingerprint density at radius 1 is 1.17 bits per heavy atom. The van der Waals surface area contributed by atoms with E-state index in [0.717, 1.165) is 18.8 Å². The van der Waals surface area contributed by atoms with Crippen LogP contribution in [0.25, 0.3) is 0 Å². The Bertz CT molecular complexity index is 780. The van der Waals surface area contributed by atoms with E-state index in [9.17, 15) is 9.59 Å². The molecule has 1 fully saturated rings. The van der Waals surface area contributed by atoms with E-state index in [1.807, 2.05) is 24.3 Å². The number of hydrogen-bond acceptors (Lipinski definition) is 4. The molecule has 3 rings (SSSR count). The number of piperazine rings is 1. The fraction of sp³-hybridized carbons (Fsp3) is 0.353.